The van der Waals surface area contributed by atoms with E-state index in [1.54, 1.807) is 7.05 Å². The Hall–Kier alpha value is -2.99. The van der Waals surface area contributed by atoms with Crippen molar-refractivity contribution in [1.82, 2.24) is 19.7 Å². The van der Waals surface area contributed by atoms with Crippen molar-refractivity contribution in [2.45, 2.75) is 32.1 Å². The van der Waals surface area contributed by atoms with Gasteiger partial charge in [-0.1, -0.05) is 29.8 Å². The maximum absolute atomic E-state index is 13.0. The Kier molecular flexibility index (Phi) is 6.18. The Morgan fingerprint density at radius 2 is 2.00 bits per heavy atom. The van der Waals surface area contributed by atoms with Gasteiger partial charge in [0.1, 0.15) is 5.69 Å². The van der Waals surface area contributed by atoms with Crippen LogP contribution in [0.2, 0.25) is 5.02 Å². The summed E-state index contributed by atoms with van der Waals surface area (Å²) in [6.07, 6.45) is 2.62. The molecule has 1 aromatic carbocycles. The maximum Gasteiger partial charge on any atom is 0.274 e. The molecule has 3 aromatic rings. The highest BCUT2D eigenvalue weighted by molar-refractivity contribution is 6.31. The van der Waals surface area contributed by atoms with Gasteiger partial charge in [0.2, 0.25) is 0 Å². The number of aryl methyl sites for hydroxylation is 2. The molecule has 0 spiro atoms. The molecule has 0 unspecified atom stereocenters. The topological polar surface area (TPSA) is 68.1 Å². The van der Waals surface area contributed by atoms with Crippen LogP contribution in [0.5, 0.6) is 0 Å². The highest BCUT2D eigenvalue weighted by Gasteiger charge is 2.27. The Morgan fingerprint density at radius 3 is 2.77 bits per heavy atom. The van der Waals surface area contributed by atoms with Gasteiger partial charge in [0.25, 0.3) is 11.5 Å². The first kappa shape index (κ1) is 21.2. The second kappa shape index (κ2) is 9.02. The summed E-state index contributed by atoms with van der Waals surface area (Å²) in [7, 11) is 1.55. The predicted octanol–water partition coefficient (Wildman–Crippen LogP) is 3.75. The number of piperidine rings is 1. The zero-order valence-corrected chi connectivity index (χ0v) is 18.5. The molecule has 0 N–H and O–H groups in total. The Balaban J connectivity index is 1.54. The molecule has 6 nitrogen and oxygen atoms in total. The normalized spacial score (nSPS) is 16.4. The first-order valence-electron chi connectivity index (χ1n) is 10.4. The van der Waals surface area contributed by atoms with Crippen LogP contribution < -0.4 is 5.56 Å². The molecule has 160 valence electrons. The van der Waals surface area contributed by atoms with Gasteiger partial charge in [0, 0.05) is 48.5 Å². The minimum Gasteiger partial charge on any atom is -0.337 e. The molecule has 4 rings (SSSR count). The van der Waals surface area contributed by atoms with Crippen molar-refractivity contribution in [3.63, 3.8) is 0 Å². The second-order valence-electron chi connectivity index (χ2n) is 8.08. The predicted molar refractivity (Wildman–Crippen MR) is 121 cm³/mol. The molecular formula is C24H25ClN4O2. The van der Waals surface area contributed by atoms with Gasteiger partial charge in [0.05, 0.1) is 0 Å². The van der Waals surface area contributed by atoms with E-state index >= 15 is 0 Å². The summed E-state index contributed by atoms with van der Waals surface area (Å²) in [5, 5.41) is 4.88. The van der Waals surface area contributed by atoms with Crippen molar-refractivity contribution in [3.8, 4) is 0 Å². The molecule has 3 heterocycles. The summed E-state index contributed by atoms with van der Waals surface area (Å²) in [4.78, 5) is 31.1. The fraction of sp³-hybridized carbons (Fsp3) is 0.333. The number of aromatic nitrogens is 3. The van der Waals surface area contributed by atoms with Crippen molar-refractivity contribution < 1.29 is 4.79 Å². The van der Waals surface area contributed by atoms with Crippen molar-refractivity contribution in [2.75, 3.05) is 13.1 Å². The summed E-state index contributed by atoms with van der Waals surface area (Å²) in [6, 6.07) is 15.0. The highest BCUT2D eigenvalue weighted by Crippen LogP contribution is 2.28. The number of benzene rings is 1. The lowest BCUT2D eigenvalue weighted by Crippen LogP contribution is -2.40. The first-order chi connectivity index (χ1) is 14.9. The molecule has 1 aliphatic heterocycles. The fourth-order valence-corrected chi connectivity index (χ4v) is 4.32. The molecule has 1 aliphatic rings. The minimum absolute atomic E-state index is 0.149. The third-order valence-electron chi connectivity index (χ3n) is 5.69. The van der Waals surface area contributed by atoms with Crippen LogP contribution in [0, 0.1) is 6.92 Å². The zero-order valence-electron chi connectivity index (χ0n) is 17.7. The average molecular weight is 437 g/mol. The Labute approximate surface area is 186 Å². The van der Waals surface area contributed by atoms with E-state index < -0.39 is 0 Å². The van der Waals surface area contributed by atoms with Crippen LogP contribution >= 0.6 is 11.6 Å². The molecule has 1 atom stereocenters. The fourth-order valence-electron chi connectivity index (χ4n) is 4.12. The first-order valence-corrected chi connectivity index (χ1v) is 10.8. The number of halogens is 1. The molecule has 7 heteroatoms. The van der Waals surface area contributed by atoms with Gasteiger partial charge >= 0.3 is 0 Å². The largest absolute Gasteiger partial charge is 0.337 e. The van der Waals surface area contributed by atoms with E-state index in [4.69, 9.17) is 16.6 Å². The second-order valence-corrected chi connectivity index (χ2v) is 8.49. The summed E-state index contributed by atoms with van der Waals surface area (Å²) in [5.74, 6) is 0.0133. The van der Waals surface area contributed by atoms with Gasteiger partial charge in [-0.15, -0.1) is 0 Å². The van der Waals surface area contributed by atoms with E-state index in [9.17, 15) is 9.59 Å². The molecule has 0 radical (unpaired) electrons. The average Bonchev–Trinajstić information content (AvgIpc) is 2.76. The molecule has 1 fully saturated rings. The summed E-state index contributed by atoms with van der Waals surface area (Å²) >= 11 is 6.35. The SMILES string of the molecule is Cc1cc(Cc2ccccc2Cl)cc([C@H]2CCCN(C(=O)c3ccc(=O)n(C)n3)C2)n1. The van der Waals surface area contributed by atoms with Gasteiger partial charge in [-0.25, -0.2) is 4.68 Å². The van der Waals surface area contributed by atoms with Gasteiger partial charge < -0.3 is 4.90 Å². The number of likely N-dealkylation sites (tertiary alicyclic amines) is 1. The molecular weight excluding hydrogens is 412 g/mol. The van der Waals surface area contributed by atoms with Crippen LogP contribution in [0.1, 0.15) is 51.8 Å². The van der Waals surface area contributed by atoms with Gasteiger partial charge in [-0.05, 0) is 61.6 Å². The van der Waals surface area contributed by atoms with Crippen LogP contribution in [0.3, 0.4) is 0 Å². The van der Waals surface area contributed by atoms with E-state index in [1.807, 2.05) is 36.1 Å². The summed E-state index contributed by atoms with van der Waals surface area (Å²) in [5.41, 5.74) is 4.28. The van der Waals surface area contributed by atoms with E-state index in [1.165, 1.54) is 22.4 Å². The molecule has 1 amide bonds. The lowest BCUT2D eigenvalue weighted by molar-refractivity contribution is 0.0697. The van der Waals surface area contributed by atoms with E-state index in [2.05, 4.69) is 17.2 Å². The number of hydrogen-bond acceptors (Lipinski definition) is 4. The third-order valence-corrected chi connectivity index (χ3v) is 6.06. The van der Waals surface area contributed by atoms with Crippen molar-refractivity contribution in [2.24, 2.45) is 7.05 Å². The molecule has 1 saturated heterocycles. The third kappa shape index (κ3) is 4.85. The highest BCUT2D eigenvalue weighted by atomic mass is 35.5. The quantitative estimate of drug-likeness (QED) is 0.624. The van der Waals surface area contributed by atoms with Gasteiger partial charge in [-0.3, -0.25) is 14.6 Å². The zero-order chi connectivity index (χ0) is 22.0. The number of carbonyl (C=O) groups is 1. The number of rotatable bonds is 4. The van der Waals surface area contributed by atoms with Crippen LogP contribution in [-0.4, -0.2) is 38.7 Å². The van der Waals surface area contributed by atoms with Gasteiger partial charge in [0.15, 0.2) is 0 Å². The smallest absolute Gasteiger partial charge is 0.274 e. The van der Waals surface area contributed by atoms with Crippen LogP contribution in [0.25, 0.3) is 0 Å². The van der Waals surface area contributed by atoms with E-state index in [-0.39, 0.29) is 17.4 Å². The number of carbonyl (C=O) groups excluding carboxylic acids is 1. The van der Waals surface area contributed by atoms with Crippen LogP contribution in [0.4, 0.5) is 0 Å². The summed E-state index contributed by atoms with van der Waals surface area (Å²) < 4.78 is 1.19. The van der Waals surface area contributed by atoms with Crippen LogP contribution in [0.15, 0.2) is 53.3 Å². The van der Waals surface area contributed by atoms with Crippen molar-refractivity contribution >= 4 is 17.5 Å². The lowest BCUT2D eigenvalue weighted by Gasteiger charge is -2.32. The lowest BCUT2D eigenvalue weighted by atomic mass is 9.92. The maximum atomic E-state index is 13.0. The van der Waals surface area contributed by atoms with Crippen molar-refractivity contribution in [3.05, 3.63) is 92.1 Å². The van der Waals surface area contributed by atoms with E-state index in [0.717, 1.165) is 41.2 Å². The standard InChI is InChI=1S/C24H25ClN4O2/c1-16-12-17(13-18-6-3-4-8-20(18)25)14-22(26-16)19-7-5-11-29(15-19)24(31)21-9-10-23(30)28(2)27-21/h3-4,6,8-10,12,14,19H,5,7,11,13,15H2,1-2H3/t19-/m0/s1. The molecule has 31 heavy (non-hydrogen) atoms. The van der Waals surface area contributed by atoms with E-state index in [0.29, 0.717) is 18.8 Å². The Morgan fingerprint density at radius 1 is 1.19 bits per heavy atom. The molecule has 2 aromatic heterocycles. The Bertz CT molecular complexity index is 1170. The summed E-state index contributed by atoms with van der Waals surface area (Å²) in [6.45, 7) is 3.27. The van der Waals surface area contributed by atoms with Gasteiger partial charge in [-0.2, -0.15) is 5.10 Å². The van der Waals surface area contributed by atoms with Crippen molar-refractivity contribution in [1.29, 1.82) is 0 Å². The number of hydrogen-bond donors (Lipinski definition) is 0. The minimum atomic E-state index is -0.233. The molecule has 0 bridgehead atoms. The van der Waals surface area contributed by atoms with Crippen LogP contribution in [-0.2, 0) is 13.5 Å². The number of amides is 1. The number of pyridine rings is 1. The monoisotopic (exact) mass is 436 g/mol. The molecule has 0 saturated carbocycles. The number of nitrogens with zero attached hydrogens (tertiary/aromatic N) is 4. The molecule has 0 aliphatic carbocycles.